The molecule has 2 aromatic rings. The van der Waals surface area contributed by atoms with Crippen molar-refractivity contribution in [1.82, 2.24) is 9.88 Å². The molecule has 0 unspecified atom stereocenters. The fraction of sp³-hybridized carbons (Fsp3) is 0.474. The van der Waals surface area contributed by atoms with Crippen LogP contribution in [0.15, 0.2) is 28.8 Å². The molecule has 0 radical (unpaired) electrons. The number of hydrogen-bond donors (Lipinski definition) is 1. The smallest absolute Gasteiger partial charge is 0.415 e. The van der Waals surface area contributed by atoms with Gasteiger partial charge in [0.2, 0.25) is 6.04 Å². The first kappa shape index (κ1) is 23.2. The number of carbonyl (C=O) groups is 1. The number of esters is 1. The van der Waals surface area contributed by atoms with Gasteiger partial charge in [-0.1, -0.05) is 23.4 Å². The lowest BCUT2D eigenvalue weighted by Crippen LogP contribution is -2.45. The molecule has 6 nitrogen and oxygen atoms in total. The quantitative estimate of drug-likeness (QED) is 0.535. The van der Waals surface area contributed by atoms with Crippen LogP contribution < -0.4 is 4.72 Å². The van der Waals surface area contributed by atoms with Gasteiger partial charge < -0.3 is 13.8 Å². The molecule has 1 N–H and O–H groups in total. The van der Waals surface area contributed by atoms with Gasteiger partial charge in [0.1, 0.15) is 4.75 Å². The first-order chi connectivity index (χ1) is 13.4. The van der Waals surface area contributed by atoms with Gasteiger partial charge >= 0.3 is 12.1 Å². The van der Waals surface area contributed by atoms with E-state index in [0.29, 0.717) is 0 Å². The molecule has 2 rings (SSSR count). The third kappa shape index (κ3) is 5.31. The van der Waals surface area contributed by atoms with E-state index >= 15 is 0 Å². The highest BCUT2D eigenvalue weighted by Gasteiger charge is 2.49. The van der Waals surface area contributed by atoms with Gasteiger partial charge in [0.05, 0.1) is 23.4 Å². The van der Waals surface area contributed by atoms with Crippen molar-refractivity contribution in [3.63, 3.8) is 0 Å². The number of aromatic nitrogens is 1. The number of aryl methyl sites for hydroxylation is 1. The summed E-state index contributed by atoms with van der Waals surface area (Å²) >= 11 is -2.04. The lowest BCUT2D eigenvalue weighted by atomic mass is 9.96. The zero-order valence-corrected chi connectivity index (χ0v) is 17.5. The van der Waals surface area contributed by atoms with E-state index in [2.05, 4.69) is 9.88 Å². The maximum atomic E-state index is 13.9. The summed E-state index contributed by atoms with van der Waals surface area (Å²) in [5, 5.41) is 3.68. The normalized spacial score (nSPS) is 14.5. The fourth-order valence-electron chi connectivity index (χ4n) is 2.55. The van der Waals surface area contributed by atoms with Gasteiger partial charge in [-0.25, -0.2) is 4.79 Å². The molecule has 2 atom stereocenters. The highest BCUT2D eigenvalue weighted by molar-refractivity contribution is 7.90. The third-order valence-corrected chi connectivity index (χ3v) is 5.51. The summed E-state index contributed by atoms with van der Waals surface area (Å²) in [4.78, 5) is 12.3. The largest absolute Gasteiger partial charge is 0.598 e. The Hall–Kier alpha value is -2.04. The second kappa shape index (κ2) is 8.76. The van der Waals surface area contributed by atoms with E-state index in [1.165, 1.54) is 19.1 Å². The maximum Gasteiger partial charge on any atom is 0.415 e. The Morgan fingerprint density at radius 2 is 1.93 bits per heavy atom. The summed E-state index contributed by atoms with van der Waals surface area (Å²) in [6.45, 7) is 7.85. The number of rotatable bonds is 6. The molecule has 0 aliphatic heterocycles. The molecule has 1 aromatic carbocycles. The number of nitrogens with zero attached hydrogens (tertiary/aromatic N) is 1. The van der Waals surface area contributed by atoms with Crippen LogP contribution >= 0.6 is 0 Å². The van der Waals surface area contributed by atoms with Gasteiger partial charge in [0, 0.05) is 16.9 Å². The van der Waals surface area contributed by atoms with Crippen molar-refractivity contribution in [3.05, 3.63) is 41.3 Å². The molecule has 29 heavy (non-hydrogen) atoms. The Kier molecular flexibility index (Phi) is 7.02. The number of alkyl halides is 3. The van der Waals surface area contributed by atoms with Crippen molar-refractivity contribution in [1.29, 1.82) is 0 Å². The minimum Gasteiger partial charge on any atom is -0.598 e. The predicted octanol–water partition coefficient (Wildman–Crippen LogP) is 4.48. The van der Waals surface area contributed by atoms with Crippen LogP contribution in [0.25, 0.3) is 11.1 Å². The minimum atomic E-state index is -4.82. The summed E-state index contributed by atoms with van der Waals surface area (Å²) in [7, 11) is 0. The number of nitrogens with one attached hydrogen (secondary N) is 1. The van der Waals surface area contributed by atoms with Gasteiger partial charge in [-0.15, -0.1) is 4.72 Å². The topological polar surface area (TPSA) is 87.4 Å². The molecule has 0 saturated carbocycles. The Bertz CT molecular complexity index is 862. The lowest BCUT2D eigenvalue weighted by molar-refractivity contribution is -0.157. The second-order valence-corrected chi connectivity index (χ2v) is 9.24. The summed E-state index contributed by atoms with van der Waals surface area (Å²) in [6.07, 6.45) is -4.82. The van der Waals surface area contributed by atoms with Crippen molar-refractivity contribution in [2.45, 2.75) is 51.6 Å². The third-order valence-electron chi connectivity index (χ3n) is 3.95. The van der Waals surface area contributed by atoms with Crippen molar-refractivity contribution in [3.8, 4) is 11.1 Å². The average molecular weight is 432 g/mol. The van der Waals surface area contributed by atoms with E-state index in [9.17, 15) is 22.5 Å². The Balaban J connectivity index is 2.62. The van der Waals surface area contributed by atoms with Crippen LogP contribution in [-0.2, 0) is 16.1 Å². The lowest BCUT2D eigenvalue weighted by Gasteiger charge is -2.28. The zero-order valence-electron chi connectivity index (χ0n) is 16.7. The number of halogens is 3. The van der Waals surface area contributed by atoms with E-state index < -0.39 is 40.1 Å². The maximum absolute atomic E-state index is 13.9. The predicted molar refractivity (Wildman–Crippen MR) is 102 cm³/mol. The zero-order chi connectivity index (χ0) is 22.0. The molecular weight excluding hydrogens is 409 g/mol. The summed E-state index contributed by atoms with van der Waals surface area (Å²) < 4.78 is 65.2. The van der Waals surface area contributed by atoms with E-state index in [1.807, 2.05) is 0 Å². The van der Waals surface area contributed by atoms with Crippen molar-refractivity contribution in [2.75, 3.05) is 6.61 Å². The van der Waals surface area contributed by atoms with E-state index in [4.69, 9.17) is 9.26 Å². The van der Waals surface area contributed by atoms with Crippen LogP contribution in [0.4, 0.5) is 13.2 Å². The minimum absolute atomic E-state index is 0.00869. The van der Waals surface area contributed by atoms with Crippen LogP contribution in [0.2, 0.25) is 0 Å². The van der Waals surface area contributed by atoms with E-state index in [0.717, 1.165) is 0 Å². The van der Waals surface area contributed by atoms with Crippen molar-refractivity contribution in [2.24, 2.45) is 0 Å². The van der Waals surface area contributed by atoms with Crippen LogP contribution in [0.1, 0.15) is 55.5 Å². The number of hydrogen-bond acceptors (Lipinski definition) is 6. The highest BCUT2D eigenvalue weighted by atomic mass is 32.2. The summed E-state index contributed by atoms with van der Waals surface area (Å²) in [5.74, 6) is -1.24. The molecule has 0 aliphatic rings. The molecule has 0 aliphatic carbocycles. The van der Waals surface area contributed by atoms with Crippen LogP contribution in [0.3, 0.4) is 0 Å². The summed E-state index contributed by atoms with van der Waals surface area (Å²) in [6, 6.07) is 3.72. The molecule has 0 bridgehead atoms. The Morgan fingerprint density at radius 1 is 1.31 bits per heavy atom. The van der Waals surface area contributed by atoms with Crippen LogP contribution in [-0.4, -0.2) is 33.2 Å². The fourth-order valence-corrected chi connectivity index (χ4v) is 3.36. The van der Waals surface area contributed by atoms with Gasteiger partial charge in [0.25, 0.3) is 0 Å². The number of carbonyl (C=O) groups excluding carboxylic acids is 1. The number of benzene rings is 1. The van der Waals surface area contributed by atoms with Crippen molar-refractivity contribution < 1.29 is 31.8 Å². The molecule has 0 fully saturated rings. The Labute approximate surface area is 170 Å². The average Bonchev–Trinajstić information content (AvgIpc) is 2.98. The highest BCUT2D eigenvalue weighted by Crippen LogP contribution is 2.41. The summed E-state index contributed by atoms with van der Waals surface area (Å²) in [5.41, 5.74) is 0.445. The van der Waals surface area contributed by atoms with Gasteiger partial charge in [-0.3, -0.25) is 0 Å². The molecule has 0 spiro atoms. The molecule has 160 valence electrons. The van der Waals surface area contributed by atoms with Gasteiger partial charge in [-0.2, -0.15) is 13.2 Å². The first-order valence-corrected chi connectivity index (χ1v) is 10.00. The Morgan fingerprint density at radius 3 is 2.48 bits per heavy atom. The second-order valence-electron chi connectivity index (χ2n) is 7.25. The van der Waals surface area contributed by atoms with Crippen LogP contribution in [0, 0.1) is 6.92 Å². The monoisotopic (exact) mass is 432 g/mol. The molecule has 10 heteroatoms. The standard InChI is InChI=1S/C19H23F3N2O4S/c1-6-27-17(25)13-10-8-7-9-12(13)14-11(2)23-28-15(14)16(19(20,21)22)24-29(26)18(3,4)5/h7-10,16,24H,6H2,1-5H3/t16-,29-/m0/s1. The molecular formula is C19H23F3N2O4S. The molecule has 1 heterocycles. The number of ether oxygens (including phenoxy) is 1. The van der Waals surface area contributed by atoms with Gasteiger partial charge in [0.15, 0.2) is 5.76 Å². The van der Waals surface area contributed by atoms with Crippen LogP contribution in [0.5, 0.6) is 0 Å². The first-order valence-electron chi connectivity index (χ1n) is 8.85. The van der Waals surface area contributed by atoms with Crippen molar-refractivity contribution >= 4 is 17.3 Å². The molecule has 1 aromatic heterocycles. The van der Waals surface area contributed by atoms with E-state index in [-0.39, 0.29) is 29.0 Å². The SMILES string of the molecule is CCOC(=O)c1ccccc1-c1c(C)noc1[C@H](N[S@@+]([O-])C(C)(C)C)C(F)(F)F. The van der Waals surface area contributed by atoms with Gasteiger partial charge in [-0.05, 0) is 40.7 Å². The molecule has 0 amide bonds. The van der Waals surface area contributed by atoms with E-state index in [1.54, 1.807) is 39.8 Å². The molecule has 0 saturated heterocycles.